The van der Waals surface area contributed by atoms with E-state index in [1.165, 1.54) is 34.1 Å². The summed E-state index contributed by atoms with van der Waals surface area (Å²) >= 11 is 0. The Labute approximate surface area is 169 Å². The second-order valence-corrected chi connectivity index (χ2v) is 8.79. The van der Waals surface area contributed by atoms with Gasteiger partial charge in [-0.05, 0) is 41.8 Å². The quantitative estimate of drug-likeness (QED) is 0.835. The van der Waals surface area contributed by atoms with E-state index in [0.717, 1.165) is 5.56 Å². The van der Waals surface area contributed by atoms with Gasteiger partial charge in [0.25, 0.3) is 5.91 Å². The van der Waals surface area contributed by atoms with Crippen LogP contribution in [0, 0.1) is 11.3 Å². The minimum atomic E-state index is -3.66. The molecule has 2 aromatic rings. The Morgan fingerprint density at radius 2 is 1.79 bits per heavy atom. The standard InChI is InChI=1S/C21H19N3O4S/c22-13-17-10-12-28-21(17)23-20(25)16-5-7-19(8-6-16)29(26,27)24-11-9-15-3-1-2-4-18(15)14-24/h1-8H,9-12,14H2,(H,23,25). The molecule has 0 bridgehead atoms. The molecule has 0 saturated carbocycles. The molecule has 1 amide bonds. The number of ether oxygens (including phenoxy) is 1. The van der Waals surface area contributed by atoms with Crippen molar-refractivity contribution in [1.29, 1.82) is 5.26 Å². The fraction of sp³-hybridized carbons (Fsp3) is 0.238. The van der Waals surface area contributed by atoms with E-state index >= 15 is 0 Å². The SMILES string of the molecule is N#CC1=C(NC(=O)c2ccc(S(=O)(=O)N3CCc4ccccc4C3)cc2)OCC1. The maximum absolute atomic E-state index is 13.0. The van der Waals surface area contributed by atoms with Crippen LogP contribution in [0.15, 0.2) is 64.9 Å². The molecule has 0 atom stereocenters. The molecule has 0 aliphatic carbocycles. The highest BCUT2D eigenvalue weighted by Crippen LogP contribution is 2.25. The second kappa shape index (κ2) is 7.70. The molecular formula is C21H19N3O4S. The zero-order chi connectivity index (χ0) is 20.4. The topological polar surface area (TPSA) is 99.5 Å². The maximum atomic E-state index is 13.0. The molecule has 2 aromatic carbocycles. The fourth-order valence-corrected chi connectivity index (χ4v) is 4.87. The summed E-state index contributed by atoms with van der Waals surface area (Å²) < 4.78 is 32.7. The molecule has 29 heavy (non-hydrogen) atoms. The van der Waals surface area contributed by atoms with Gasteiger partial charge in [0, 0.05) is 25.1 Å². The number of hydrogen-bond donors (Lipinski definition) is 1. The number of nitrogens with zero attached hydrogens (tertiary/aromatic N) is 2. The number of benzene rings is 2. The van der Waals surface area contributed by atoms with Crippen molar-refractivity contribution in [3.63, 3.8) is 0 Å². The highest BCUT2D eigenvalue weighted by atomic mass is 32.2. The third kappa shape index (κ3) is 3.75. The van der Waals surface area contributed by atoms with Crippen LogP contribution in [0.2, 0.25) is 0 Å². The molecule has 0 spiro atoms. The first-order chi connectivity index (χ1) is 14.0. The van der Waals surface area contributed by atoms with Gasteiger partial charge in [-0.15, -0.1) is 0 Å². The monoisotopic (exact) mass is 409 g/mol. The molecule has 7 nitrogen and oxygen atoms in total. The first kappa shape index (κ1) is 19.2. The lowest BCUT2D eigenvalue weighted by Gasteiger charge is -2.28. The zero-order valence-electron chi connectivity index (χ0n) is 15.6. The van der Waals surface area contributed by atoms with Crippen molar-refractivity contribution in [3.8, 4) is 6.07 Å². The number of nitriles is 1. The van der Waals surface area contributed by atoms with E-state index in [1.54, 1.807) is 0 Å². The first-order valence-electron chi connectivity index (χ1n) is 9.23. The summed E-state index contributed by atoms with van der Waals surface area (Å²) in [6, 6.07) is 15.6. The lowest BCUT2D eigenvalue weighted by molar-refractivity contribution is 0.0930. The molecular weight excluding hydrogens is 390 g/mol. The van der Waals surface area contributed by atoms with Gasteiger partial charge >= 0.3 is 0 Å². The third-order valence-electron chi connectivity index (χ3n) is 5.08. The summed E-state index contributed by atoms with van der Waals surface area (Å²) in [4.78, 5) is 12.5. The Balaban J connectivity index is 1.50. The number of rotatable bonds is 4. The van der Waals surface area contributed by atoms with E-state index in [0.29, 0.717) is 38.1 Å². The van der Waals surface area contributed by atoms with E-state index in [9.17, 15) is 13.2 Å². The van der Waals surface area contributed by atoms with Crippen molar-refractivity contribution >= 4 is 15.9 Å². The Morgan fingerprint density at radius 1 is 1.07 bits per heavy atom. The molecule has 2 heterocycles. The van der Waals surface area contributed by atoms with Gasteiger partial charge in [0.15, 0.2) is 0 Å². The molecule has 2 aliphatic rings. The van der Waals surface area contributed by atoms with Gasteiger partial charge in [-0.25, -0.2) is 8.42 Å². The van der Waals surface area contributed by atoms with Crippen molar-refractivity contribution in [1.82, 2.24) is 9.62 Å². The Bertz CT molecular complexity index is 1130. The number of sulfonamides is 1. The van der Waals surface area contributed by atoms with Crippen LogP contribution in [-0.4, -0.2) is 31.8 Å². The van der Waals surface area contributed by atoms with Gasteiger partial charge in [-0.1, -0.05) is 24.3 Å². The van der Waals surface area contributed by atoms with Crippen molar-refractivity contribution in [2.75, 3.05) is 13.2 Å². The van der Waals surface area contributed by atoms with E-state index in [4.69, 9.17) is 10.00 Å². The number of nitrogens with one attached hydrogen (secondary N) is 1. The van der Waals surface area contributed by atoms with Gasteiger partial charge in [0.2, 0.25) is 15.9 Å². The van der Waals surface area contributed by atoms with Gasteiger partial charge in [-0.2, -0.15) is 9.57 Å². The average Bonchev–Trinajstić information content (AvgIpc) is 3.20. The molecule has 8 heteroatoms. The summed E-state index contributed by atoms with van der Waals surface area (Å²) in [6.07, 6.45) is 1.13. The van der Waals surface area contributed by atoms with Gasteiger partial charge in [0.05, 0.1) is 17.1 Å². The summed E-state index contributed by atoms with van der Waals surface area (Å²) in [5, 5.41) is 11.6. The molecule has 0 saturated heterocycles. The summed E-state index contributed by atoms with van der Waals surface area (Å²) in [7, 11) is -3.66. The molecule has 0 radical (unpaired) electrons. The minimum absolute atomic E-state index is 0.141. The Kier molecular flexibility index (Phi) is 5.09. The number of amides is 1. The van der Waals surface area contributed by atoms with Crippen LogP contribution < -0.4 is 5.32 Å². The zero-order valence-corrected chi connectivity index (χ0v) is 16.4. The molecule has 0 unspecified atom stereocenters. The van der Waals surface area contributed by atoms with Crippen LogP contribution in [-0.2, 0) is 27.7 Å². The fourth-order valence-electron chi connectivity index (χ4n) is 3.45. The average molecular weight is 409 g/mol. The normalized spacial score (nSPS) is 16.7. The predicted octanol–water partition coefficient (Wildman–Crippen LogP) is 2.32. The van der Waals surface area contributed by atoms with Crippen LogP contribution in [0.3, 0.4) is 0 Å². The molecule has 1 N–H and O–H groups in total. The van der Waals surface area contributed by atoms with E-state index < -0.39 is 15.9 Å². The minimum Gasteiger partial charge on any atom is -0.478 e. The number of hydrogen-bond acceptors (Lipinski definition) is 5. The second-order valence-electron chi connectivity index (χ2n) is 6.85. The van der Waals surface area contributed by atoms with Crippen LogP contribution in [0.5, 0.6) is 0 Å². The smallest absolute Gasteiger partial charge is 0.257 e. The molecule has 0 fully saturated rings. The largest absolute Gasteiger partial charge is 0.478 e. The van der Waals surface area contributed by atoms with Crippen molar-refractivity contribution < 1.29 is 17.9 Å². The van der Waals surface area contributed by atoms with E-state index in [1.807, 2.05) is 30.3 Å². The molecule has 4 rings (SSSR count). The first-order valence-corrected chi connectivity index (χ1v) is 10.7. The van der Waals surface area contributed by atoms with Crippen LogP contribution in [0.1, 0.15) is 27.9 Å². The highest BCUT2D eigenvalue weighted by molar-refractivity contribution is 7.89. The van der Waals surface area contributed by atoms with Gasteiger partial charge < -0.3 is 4.74 Å². The number of carbonyl (C=O) groups is 1. The highest BCUT2D eigenvalue weighted by Gasteiger charge is 2.28. The molecule has 148 valence electrons. The predicted molar refractivity (Wildman–Crippen MR) is 105 cm³/mol. The van der Waals surface area contributed by atoms with E-state index in [-0.39, 0.29) is 16.3 Å². The van der Waals surface area contributed by atoms with Crippen molar-refractivity contribution in [2.24, 2.45) is 0 Å². The van der Waals surface area contributed by atoms with Gasteiger partial charge in [0.1, 0.15) is 6.07 Å². The van der Waals surface area contributed by atoms with Crippen molar-refractivity contribution in [3.05, 3.63) is 76.7 Å². The lowest BCUT2D eigenvalue weighted by atomic mass is 10.0. The van der Waals surface area contributed by atoms with Crippen LogP contribution in [0.25, 0.3) is 0 Å². The summed E-state index contributed by atoms with van der Waals surface area (Å²) in [6.45, 7) is 1.11. The molecule has 0 aromatic heterocycles. The maximum Gasteiger partial charge on any atom is 0.257 e. The summed E-state index contributed by atoms with van der Waals surface area (Å²) in [5.74, 6) is -0.285. The van der Waals surface area contributed by atoms with Gasteiger partial charge in [-0.3, -0.25) is 10.1 Å². The number of fused-ring (bicyclic) bond motifs is 1. The Morgan fingerprint density at radius 3 is 2.52 bits per heavy atom. The third-order valence-corrected chi connectivity index (χ3v) is 6.94. The van der Waals surface area contributed by atoms with Crippen LogP contribution >= 0.6 is 0 Å². The molecule has 2 aliphatic heterocycles. The number of carbonyl (C=O) groups excluding carboxylic acids is 1. The summed E-state index contributed by atoms with van der Waals surface area (Å²) in [5.41, 5.74) is 2.86. The van der Waals surface area contributed by atoms with Crippen molar-refractivity contribution in [2.45, 2.75) is 24.3 Å². The Hall–Kier alpha value is -3.15. The van der Waals surface area contributed by atoms with Crippen LogP contribution in [0.4, 0.5) is 0 Å². The van der Waals surface area contributed by atoms with E-state index in [2.05, 4.69) is 5.32 Å². The lowest BCUT2D eigenvalue weighted by Crippen LogP contribution is -2.36.